The van der Waals surface area contributed by atoms with E-state index in [9.17, 15) is 0 Å². The molecule has 0 saturated carbocycles. The summed E-state index contributed by atoms with van der Waals surface area (Å²) in [6.07, 6.45) is 0. The minimum atomic E-state index is 0.438. The summed E-state index contributed by atoms with van der Waals surface area (Å²) in [5.41, 5.74) is 0. The molecule has 0 amide bonds. The second-order valence-electron chi connectivity index (χ2n) is 0.689. The molecule has 0 aromatic heterocycles. The van der Waals surface area contributed by atoms with E-state index in [1.165, 1.54) is 0 Å². The lowest BCUT2D eigenvalue weighted by atomic mass is 26.7. The minimum absolute atomic E-state index is 0.438. The van der Waals surface area contributed by atoms with Crippen molar-refractivity contribution in [1.82, 2.24) is 0 Å². The van der Waals surface area contributed by atoms with E-state index >= 15 is 0 Å². The first-order valence-electron chi connectivity index (χ1n) is 1.47. The van der Waals surface area contributed by atoms with Crippen molar-refractivity contribution < 1.29 is 0 Å². The highest BCUT2D eigenvalue weighted by molar-refractivity contribution is 9.24. The van der Waals surface area contributed by atoms with Crippen molar-refractivity contribution in [3.63, 3.8) is 0 Å². The van der Waals surface area contributed by atoms with E-state index in [0.29, 0.717) is 16.2 Å². The van der Waals surface area contributed by atoms with Gasteiger partial charge in [-0.25, -0.2) is 0 Å². The minimum Gasteiger partial charge on any atom is -0.140 e. The Kier molecular flexibility index (Phi) is 5.30. The van der Waals surface area contributed by atoms with Crippen LogP contribution in [0.4, 0.5) is 0 Å². The van der Waals surface area contributed by atoms with E-state index in [4.69, 9.17) is 0 Å². The van der Waals surface area contributed by atoms with Crippen LogP contribution in [0, 0.1) is 0 Å². The lowest BCUT2D eigenvalue weighted by molar-refractivity contribution is 4.28. The van der Waals surface area contributed by atoms with Crippen molar-refractivity contribution in [2.75, 3.05) is 0 Å². The molecule has 0 aliphatic rings. The van der Waals surface area contributed by atoms with Crippen LogP contribution >= 0.6 is 15.3 Å². The maximum atomic E-state index is 3.48. The van der Waals surface area contributed by atoms with Gasteiger partial charge in [-0.2, -0.15) is 0 Å². The topological polar surface area (TPSA) is 0 Å². The first kappa shape index (κ1) is 5.13. The molecule has 26 valence electrons. The first-order valence-corrected chi connectivity index (χ1v) is 15.0. The van der Waals surface area contributed by atoms with Crippen molar-refractivity contribution in [2.24, 2.45) is 0 Å². The molecule has 4 heavy (non-hydrogen) atoms. The van der Waals surface area contributed by atoms with Gasteiger partial charge in [0, 0.05) is 8.55 Å². The Morgan fingerprint density at radius 3 is 2.00 bits per heavy atom. The van der Waals surface area contributed by atoms with Gasteiger partial charge in [-0.05, 0) is 9.76 Å². The molecular formula is H7BrSi3. The summed E-state index contributed by atoms with van der Waals surface area (Å²) in [5.74, 6) is 0. The molecule has 0 radical (unpaired) electrons. The summed E-state index contributed by atoms with van der Waals surface area (Å²) in [7, 11) is 2.60. The fraction of sp³-hybridized carbons (Fsp3) is 0. The Morgan fingerprint density at radius 1 is 1.75 bits per heavy atom. The second kappa shape index (κ2) is 4.13. The van der Waals surface area contributed by atoms with Crippen LogP contribution in [0.3, 0.4) is 0 Å². The third-order valence-corrected chi connectivity index (χ3v) is 26.5. The maximum absolute atomic E-state index is 3.48. The molecule has 0 aliphatic heterocycles. The van der Waals surface area contributed by atoms with Crippen LogP contribution in [0.1, 0.15) is 0 Å². The van der Waals surface area contributed by atoms with E-state index in [1.54, 1.807) is 9.76 Å². The van der Waals surface area contributed by atoms with Crippen LogP contribution in [0.15, 0.2) is 0 Å². The fourth-order valence-electron chi connectivity index (χ4n) is 0. The highest BCUT2D eigenvalue weighted by Crippen LogP contribution is 1.61. The molecule has 0 N–H and O–H groups in total. The van der Waals surface area contributed by atoms with E-state index < -0.39 is 0 Å². The summed E-state index contributed by atoms with van der Waals surface area (Å²) < 4.78 is 0. The molecule has 0 nitrogen and oxygen atoms in total. The molecule has 0 saturated heterocycles. The number of rotatable bonds is 1. The standard InChI is InChI=1S/BrH7Si3/c1-3-4-2/h3-4H2,2H3. The van der Waals surface area contributed by atoms with Gasteiger partial charge in [-0.1, -0.05) is 0 Å². The maximum Gasteiger partial charge on any atom is 0.0811 e. The van der Waals surface area contributed by atoms with Gasteiger partial charge < -0.3 is 0 Å². The summed E-state index contributed by atoms with van der Waals surface area (Å²) >= 11 is 3.48. The highest BCUT2D eigenvalue weighted by Gasteiger charge is 1.63. The van der Waals surface area contributed by atoms with Crippen LogP contribution in [-0.2, 0) is 0 Å². The molecule has 0 aromatic carbocycles. The van der Waals surface area contributed by atoms with Gasteiger partial charge in [-0.3, -0.25) is 0 Å². The summed E-state index contributed by atoms with van der Waals surface area (Å²) in [6.45, 7) is 0. The van der Waals surface area contributed by atoms with Crippen LogP contribution in [0.2, 0.25) is 0 Å². The van der Waals surface area contributed by atoms with Crippen LogP contribution in [-0.4, -0.2) is 26.0 Å². The zero-order valence-electron chi connectivity index (χ0n) is 2.79. The Balaban J connectivity index is 1.97. The van der Waals surface area contributed by atoms with Gasteiger partial charge in [0.25, 0.3) is 0 Å². The van der Waals surface area contributed by atoms with Gasteiger partial charge in [-0.15, -0.1) is 15.3 Å². The normalized spacial score (nSPS) is 14.2. The van der Waals surface area contributed by atoms with Crippen LogP contribution in [0.5, 0.6) is 0 Å². The third-order valence-electron chi connectivity index (χ3n) is 0.189. The Morgan fingerprint density at radius 2 is 2.00 bits per heavy atom. The number of hydrogen-bond donors (Lipinski definition) is 0. The molecule has 0 aromatic rings. The van der Waals surface area contributed by atoms with Gasteiger partial charge >= 0.3 is 0 Å². The number of hydrogen-bond acceptors (Lipinski definition) is 0. The zero-order valence-corrected chi connectivity index (χ0v) is 9.21. The van der Waals surface area contributed by atoms with Crippen LogP contribution in [0.25, 0.3) is 0 Å². The van der Waals surface area contributed by atoms with E-state index in [1.807, 2.05) is 0 Å². The molecule has 0 aliphatic carbocycles. The lowest BCUT2D eigenvalue weighted by Gasteiger charge is -1.61. The average molecular weight is 171 g/mol. The fourth-order valence-corrected chi connectivity index (χ4v) is 0. The SMILES string of the molecule is [SiH3][SiH2][SiH2]Br. The predicted octanol–water partition coefficient (Wildman–Crippen LogP) is -2.17. The van der Waals surface area contributed by atoms with Crippen molar-refractivity contribution in [1.29, 1.82) is 0 Å². The summed E-state index contributed by atoms with van der Waals surface area (Å²) in [4.78, 5) is 0. The monoisotopic (exact) mass is 170 g/mol. The molecular weight excluding hydrogens is 164 g/mol. The van der Waals surface area contributed by atoms with Crippen molar-refractivity contribution in [3.8, 4) is 0 Å². The van der Waals surface area contributed by atoms with Gasteiger partial charge in [0.2, 0.25) is 0 Å². The molecule has 0 bridgehead atoms. The average Bonchev–Trinajstić information content (AvgIpc) is 1.37. The summed E-state index contributed by atoms with van der Waals surface area (Å²) in [6, 6.07) is 0. The van der Waals surface area contributed by atoms with E-state index in [2.05, 4.69) is 15.3 Å². The van der Waals surface area contributed by atoms with E-state index in [-0.39, 0.29) is 0 Å². The quantitative estimate of drug-likeness (QED) is 0.311. The van der Waals surface area contributed by atoms with Crippen molar-refractivity contribution in [3.05, 3.63) is 0 Å². The third kappa shape index (κ3) is 3.13. The smallest absolute Gasteiger partial charge is 0.0811 e. The van der Waals surface area contributed by atoms with Gasteiger partial charge in [0.15, 0.2) is 0 Å². The predicted molar refractivity (Wildman–Crippen MR) is 36.0 cm³/mol. The van der Waals surface area contributed by atoms with Gasteiger partial charge in [0.05, 0.1) is 7.66 Å². The molecule has 0 fully saturated rings. The Hall–Kier alpha value is 1.13. The molecule has 0 unspecified atom stereocenters. The van der Waals surface area contributed by atoms with Crippen molar-refractivity contribution >= 4 is 41.3 Å². The largest absolute Gasteiger partial charge is 0.140 e. The Bertz CT molecular complexity index is 5.25. The van der Waals surface area contributed by atoms with Crippen LogP contribution < -0.4 is 0 Å². The molecule has 0 spiro atoms. The van der Waals surface area contributed by atoms with Crippen molar-refractivity contribution in [2.45, 2.75) is 0 Å². The molecule has 0 heterocycles. The lowest BCUT2D eigenvalue weighted by Crippen LogP contribution is -1.90. The zero-order chi connectivity index (χ0) is 3.41. The molecule has 0 rings (SSSR count). The van der Waals surface area contributed by atoms with E-state index in [0.717, 1.165) is 0 Å². The van der Waals surface area contributed by atoms with Gasteiger partial charge in [0.1, 0.15) is 0 Å². The highest BCUT2D eigenvalue weighted by atomic mass is 79.9. The Labute approximate surface area is 41.6 Å². The molecule has 4 heteroatoms. The molecule has 0 atom stereocenters. The second-order valence-corrected chi connectivity index (χ2v) is 22.3. The first-order chi connectivity index (χ1) is 1.91. The summed E-state index contributed by atoms with van der Waals surface area (Å²) in [5, 5.41) is 0. The number of halogens is 1.